The first-order chi connectivity index (χ1) is 18.4. The molecule has 0 N–H and O–H groups in total. The summed E-state index contributed by atoms with van der Waals surface area (Å²) in [7, 11) is 0. The highest BCUT2D eigenvalue weighted by Gasteiger charge is 2.16. The molecule has 1 heterocycles. The number of hydrogen-bond donors (Lipinski definition) is 0. The molecule has 7 aromatic rings. The molecular weight excluding hydrogens is 446 g/mol. The maximum Gasteiger partial charge on any atom is 0.0619 e. The van der Waals surface area contributed by atoms with Crippen molar-refractivity contribution < 1.29 is 0 Å². The first kappa shape index (κ1) is 21.4. The first-order valence-electron chi connectivity index (χ1n) is 12.7. The van der Waals surface area contributed by atoms with Gasteiger partial charge in [-0.05, 0) is 52.1 Å². The lowest BCUT2D eigenvalue weighted by atomic mass is 9.99. The zero-order chi connectivity index (χ0) is 24.6. The molecule has 0 unspecified atom stereocenters. The number of para-hydroxylation sites is 2. The van der Waals surface area contributed by atoms with Crippen molar-refractivity contribution in [2.75, 3.05) is 0 Å². The summed E-state index contributed by atoms with van der Waals surface area (Å²) in [5, 5.41) is 2.55. The van der Waals surface area contributed by atoms with Crippen molar-refractivity contribution in [2.24, 2.45) is 0 Å². The van der Waals surface area contributed by atoms with Crippen molar-refractivity contribution in [1.82, 2.24) is 4.57 Å². The van der Waals surface area contributed by atoms with Gasteiger partial charge in [-0.3, -0.25) is 0 Å². The van der Waals surface area contributed by atoms with E-state index in [-0.39, 0.29) is 0 Å². The maximum atomic E-state index is 2.41. The predicted octanol–water partition coefficient (Wildman–Crippen LogP) is 9.78. The minimum Gasteiger partial charge on any atom is -0.309 e. The number of nitrogens with zero attached hydrogens (tertiary/aromatic N) is 1. The summed E-state index contributed by atoms with van der Waals surface area (Å²) in [6.07, 6.45) is 0. The van der Waals surface area contributed by atoms with Crippen LogP contribution in [-0.2, 0) is 0 Å². The lowest BCUT2D eigenvalue weighted by Gasteiger charge is -2.13. The molecule has 1 heteroatoms. The quantitative estimate of drug-likeness (QED) is 0.241. The van der Waals surface area contributed by atoms with E-state index in [0.29, 0.717) is 0 Å². The number of fused-ring (bicyclic) bond motifs is 3. The average molecular weight is 472 g/mol. The molecule has 1 aromatic heterocycles. The number of hydrogen-bond acceptors (Lipinski definition) is 0. The third-order valence-corrected chi connectivity index (χ3v) is 7.21. The number of rotatable bonds is 4. The fourth-order valence-electron chi connectivity index (χ4n) is 5.45. The Morgan fingerprint density at radius 3 is 1.62 bits per heavy atom. The van der Waals surface area contributed by atoms with Gasteiger partial charge >= 0.3 is 0 Å². The summed E-state index contributed by atoms with van der Waals surface area (Å²) < 4.78 is 2.41. The van der Waals surface area contributed by atoms with E-state index in [1.165, 1.54) is 55.2 Å². The summed E-state index contributed by atoms with van der Waals surface area (Å²) >= 11 is 0. The van der Waals surface area contributed by atoms with E-state index in [1.807, 2.05) is 0 Å². The van der Waals surface area contributed by atoms with Gasteiger partial charge in [0.1, 0.15) is 0 Å². The molecular formula is C36H25N. The zero-order valence-electron chi connectivity index (χ0n) is 20.4. The second-order valence-electron chi connectivity index (χ2n) is 9.41. The van der Waals surface area contributed by atoms with Crippen molar-refractivity contribution in [3.8, 4) is 39.1 Å². The third-order valence-electron chi connectivity index (χ3n) is 7.21. The van der Waals surface area contributed by atoms with Gasteiger partial charge in [0.05, 0.1) is 11.0 Å². The van der Waals surface area contributed by atoms with Crippen molar-refractivity contribution in [1.29, 1.82) is 0 Å². The van der Waals surface area contributed by atoms with Crippen LogP contribution in [0, 0.1) is 0 Å². The lowest BCUT2D eigenvalue weighted by Crippen LogP contribution is -1.95. The van der Waals surface area contributed by atoms with Crippen molar-refractivity contribution in [2.45, 2.75) is 0 Å². The van der Waals surface area contributed by atoms with E-state index in [0.717, 1.165) is 5.69 Å². The molecule has 0 aliphatic heterocycles. The molecule has 0 bridgehead atoms. The highest BCUT2D eigenvalue weighted by molar-refractivity contribution is 6.13. The zero-order valence-corrected chi connectivity index (χ0v) is 20.4. The van der Waals surface area contributed by atoms with Crippen LogP contribution in [0.4, 0.5) is 0 Å². The fraction of sp³-hybridized carbons (Fsp3) is 0. The second-order valence-corrected chi connectivity index (χ2v) is 9.41. The summed E-state index contributed by atoms with van der Waals surface area (Å²) in [4.78, 5) is 0. The van der Waals surface area contributed by atoms with Crippen molar-refractivity contribution in [3.63, 3.8) is 0 Å². The molecule has 0 radical (unpaired) electrons. The van der Waals surface area contributed by atoms with Gasteiger partial charge in [-0.25, -0.2) is 0 Å². The Morgan fingerprint density at radius 2 is 0.892 bits per heavy atom. The van der Waals surface area contributed by atoms with Gasteiger partial charge in [-0.2, -0.15) is 0 Å². The van der Waals surface area contributed by atoms with Gasteiger partial charge in [-0.1, -0.05) is 127 Å². The fourth-order valence-corrected chi connectivity index (χ4v) is 5.45. The Hall–Kier alpha value is -4.88. The summed E-state index contributed by atoms with van der Waals surface area (Å²) in [6.45, 7) is 0. The molecule has 37 heavy (non-hydrogen) atoms. The van der Waals surface area contributed by atoms with Crippen LogP contribution in [0.15, 0.2) is 152 Å². The molecule has 0 spiro atoms. The molecule has 174 valence electrons. The molecule has 0 aliphatic rings. The first-order valence-corrected chi connectivity index (χ1v) is 12.7. The predicted molar refractivity (Wildman–Crippen MR) is 157 cm³/mol. The Kier molecular flexibility index (Phi) is 5.19. The maximum absolute atomic E-state index is 2.41. The van der Waals surface area contributed by atoms with E-state index in [9.17, 15) is 0 Å². The molecule has 1 nitrogen and oxygen atoms in total. The molecule has 0 amide bonds. The summed E-state index contributed by atoms with van der Waals surface area (Å²) in [5.41, 5.74) is 11.0. The van der Waals surface area contributed by atoms with E-state index in [4.69, 9.17) is 0 Å². The topological polar surface area (TPSA) is 4.93 Å². The minimum atomic E-state index is 1.16. The average Bonchev–Trinajstić information content (AvgIpc) is 3.33. The summed E-state index contributed by atoms with van der Waals surface area (Å²) in [6, 6.07) is 54.4. The Labute approximate surface area is 216 Å². The van der Waals surface area contributed by atoms with Gasteiger partial charge < -0.3 is 4.57 Å². The van der Waals surface area contributed by atoms with Gasteiger partial charge in [0, 0.05) is 22.0 Å². The van der Waals surface area contributed by atoms with Crippen LogP contribution in [0.2, 0.25) is 0 Å². The molecule has 7 rings (SSSR count). The highest BCUT2D eigenvalue weighted by atomic mass is 15.0. The van der Waals surface area contributed by atoms with E-state index < -0.39 is 0 Å². The molecule has 0 saturated carbocycles. The number of aromatic nitrogens is 1. The van der Waals surface area contributed by atoms with E-state index >= 15 is 0 Å². The minimum absolute atomic E-state index is 1.16. The van der Waals surface area contributed by atoms with E-state index in [1.54, 1.807) is 0 Å². The van der Waals surface area contributed by atoms with Crippen molar-refractivity contribution >= 4 is 21.8 Å². The summed E-state index contributed by atoms with van der Waals surface area (Å²) in [5.74, 6) is 0. The van der Waals surface area contributed by atoms with Crippen LogP contribution in [0.3, 0.4) is 0 Å². The van der Waals surface area contributed by atoms with Crippen molar-refractivity contribution in [3.05, 3.63) is 152 Å². The van der Waals surface area contributed by atoms with Crippen LogP contribution in [0.1, 0.15) is 0 Å². The van der Waals surface area contributed by atoms with Crippen LogP contribution in [0.25, 0.3) is 60.9 Å². The monoisotopic (exact) mass is 471 g/mol. The van der Waals surface area contributed by atoms with Gasteiger partial charge in [0.2, 0.25) is 0 Å². The molecule has 0 aliphatic carbocycles. The normalized spacial score (nSPS) is 11.2. The van der Waals surface area contributed by atoms with Crippen LogP contribution >= 0.6 is 0 Å². The van der Waals surface area contributed by atoms with E-state index in [2.05, 4.69) is 156 Å². The second kappa shape index (κ2) is 8.96. The number of benzene rings is 6. The van der Waals surface area contributed by atoms with Gasteiger partial charge in [0.15, 0.2) is 0 Å². The Balaban J connectivity index is 1.39. The largest absolute Gasteiger partial charge is 0.309 e. The Bertz CT molecular complexity index is 1840. The van der Waals surface area contributed by atoms with Crippen LogP contribution in [-0.4, -0.2) is 4.57 Å². The molecule has 0 saturated heterocycles. The van der Waals surface area contributed by atoms with Gasteiger partial charge in [0.25, 0.3) is 0 Å². The van der Waals surface area contributed by atoms with Crippen LogP contribution < -0.4 is 0 Å². The standard InChI is InChI=1S/C36H25N/c1-3-11-26(12-4-1)29-15-9-16-30(25-29)27-21-23-31(24-22-27)37-35-20-8-7-17-33(35)34-19-10-18-32(36(34)37)28-13-5-2-6-14-28/h1-25H. The lowest BCUT2D eigenvalue weighted by molar-refractivity contribution is 1.18. The molecule has 6 aromatic carbocycles. The molecule has 0 fully saturated rings. The smallest absolute Gasteiger partial charge is 0.0619 e. The van der Waals surface area contributed by atoms with Crippen LogP contribution in [0.5, 0.6) is 0 Å². The SMILES string of the molecule is c1ccc(-c2cccc(-c3ccc(-n4c5ccccc5c5cccc(-c6ccccc6)c54)cc3)c2)cc1. The Morgan fingerprint density at radius 1 is 0.351 bits per heavy atom. The molecule has 0 atom stereocenters. The third kappa shape index (κ3) is 3.73. The van der Waals surface area contributed by atoms with Gasteiger partial charge in [-0.15, -0.1) is 0 Å². The highest BCUT2D eigenvalue weighted by Crippen LogP contribution is 2.38.